The van der Waals surface area contributed by atoms with Crippen molar-refractivity contribution in [3.8, 4) is 0 Å². The van der Waals surface area contributed by atoms with Crippen molar-refractivity contribution in [2.75, 3.05) is 13.1 Å². The molecule has 1 saturated carbocycles. The van der Waals surface area contributed by atoms with Crippen LogP contribution < -0.4 is 16.0 Å². The number of hydrogen-bond acceptors (Lipinski definition) is 7. The van der Waals surface area contributed by atoms with Crippen LogP contribution in [0, 0.1) is 11.3 Å². The Bertz CT molecular complexity index is 1710. The van der Waals surface area contributed by atoms with E-state index in [9.17, 15) is 34.2 Å². The Morgan fingerprint density at radius 2 is 1.72 bits per heavy atom. The SMILES string of the molecule is C=CC1CC1(NC(=O)C1CC(OC(=O)N2CCc3ccccc3C2)CN1C(=O)NC(C(=O)N[C@H]1c2ccccc2C[C@H]1O)C(C)(C)C)C(=O)O. The van der Waals surface area contributed by atoms with Gasteiger partial charge < -0.3 is 40.7 Å². The van der Waals surface area contributed by atoms with Crippen LogP contribution in [0.1, 0.15) is 61.9 Å². The summed E-state index contributed by atoms with van der Waals surface area (Å²) in [5, 5.41) is 29.0. The molecule has 5 unspecified atom stereocenters. The van der Waals surface area contributed by atoms with E-state index in [4.69, 9.17) is 4.74 Å². The van der Waals surface area contributed by atoms with Gasteiger partial charge in [-0.25, -0.2) is 14.4 Å². The van der Waals surface area contributed by atoms with Crippen molar-refractivity contribution in [2.24, 2.45) is 11.3 Å². The minimum atomic E-state index is -1.54. The average molecular weight is 688 g/mol. The zero-order valence-electron chi connectivity index (χ0n) is 28.6. The van der Waals surface area contributed by atoms with Crippen LogP contribution in [0.2, 0.25) is 0 Å². The predicted octanol–water partition coefficient (Wildman–Crippen LogP) is 2.67. The summed E-state index contributed by atoms with van der Waals surface area (Å²) in [4.78, 5) is 69.9. The molecule has 2 aliphatic carbocycles. The molecule has 266 valence electrons. The lowest BCUT2D eigenvalue weighted by molar-refractivity contribution is -0.144. The van der Waals surface area contributed by atoms with Crippen LogP contribution in [-0.4, -0.2) is 92.8 Å². The number of rotatable bonds is 8. The quantitative estimate of drug-likeness (QED) is 0.263. The van der Waals surface area contributed by atoms with Gasteiger partial charge in [0.15, 0.2) is 0 Å². The Kier molecular flexibility index (Phi) is 9.38. The maximum absolute atomic E-state index is 14.0. The first kappa shape index (κ1) is 34.9. The van der Waals surface area contributed by atoms with Crippen molar-refractivity contribution in [3.05, 3.63) is 83.4 Å². The van der Waals surface area contributed by atoms with Crippen LogP contribution >= 0.6 is 0 Å². The van der Waals surface area contributed by atoms with E-state index in [1.807, 2.05) is 48.5 Å². The molecule has 2 aromatic rings. The molecule has 5 amide bonds. The zero-order valence-corrected chi connectivity index (χ0v) is 28.6. The Balaban J connectivity index is 1.19. The van der Waals surface area contributed by atoms with E-state index >= 15 is 0 Å². The number of amides is 5. The minimum Gasteiger partial charge on any atom is -0.479 e. The number of hydrogen-bond donors (Lipinski definition) is 5. The van der Waals surface area contributed by atoms with Crippen LogP contribution in [0.5, 0.6) is 0 Å². The van der Waals surface area contributed by atoms with Crippen LogP contribution in [0.25, 0.3) is 0 Å². The van der Waals surface area contributed by atoms with E-state index in [2.05, 4.69) is 22.5 Å². The number of carbonyl (C=O) groups is 5. The van der Waals surface area contributed by atoms with E-state index < -0.39 is 77.1 Å². The number of carboxylic acid groups (broad SMARTS) is 1. The second-order valence-corrected chi connectivity index (χ2v) is 14.9. The highest BCUT2D eigenvalue weighted by molar-refractivity contribution is 5.95. The van der Waals surface area contributed by atoms with Crippen molar-refractivity contribution >= 4 is 29.9 Å². The van der Waals surface area contributed by atoms with Gasteiger partial charge in [0, 0.05) is 31.8 Å². The van der Waals surface area contributed by atoms with Gasteiger partial charge in [-0.05, 0) is 40.5 Å². The summed E-state index contributed by atoms with van der Waals surface area (Å²) in [7, 11) is 0. The fraction of sp³-hybridized carbons (Fsp3) is 0.486. The number of carboxylic acids is 1. The molecule has 2 fully saturated rings. The summed E-state index contributed by atoms with van der Waals surface area (Å²) in [5.74, 6) is -2.91. The largest absolute Gasteiger partial charge is 0.479 e. The fourth-order valence-corrected chi connectivity index (χ4v) is 7.41. The zero-order chi connectivity index (χ0) is 36.0. The van der Waals surface area contributed by atoms with E-state index in [-0.39, 0.29) is 19.4 Å². The molecule has 7 atom stereocenters. The molecular formula is C37H45N5O8. The standard InChI is InChI=1S/C37H45N5O8/c1-5-24-18-37(24,33(46)47)40-31(44)27-17-25(50-35(49)41-15-14-21-10-6-7-12-23(21)19-41)20-42(27)34(48)39-30(36(2,3)4)32(45)38-29-26-13-9-8-11-22(26)16-28(29)43/h5-13,24-25,27-30,43H,1,14-20H2,2-4H3,(H,38,45)(H,39,48)(H,40,44)(H,46,47)/t24?,25?,27?,28-,29+,30?,37?/m1/s1. The van der Waals surface area contributed by atoms with Crippen LogP contribution in [0.4, 0.5) is 9.59 Å². The number of aliphatic carboxylic acids is 1. The molecule has 1 saturated heterocycles. The summed E-state index contributed by atoms with van der Waals surface area (Å²) in [6.45, 7) is 9.68. The molecule has 0 radical (unpaired) electrons. The van der Waals surface area contributed by atoms with Crippen LogP contribution in [0.3, 0.4) is 0 Å². The summed E-state index contributed by atoms with van der Waals surface area (Å²) in [6, 6.07) is 11.6. The number of aliphatic hydroxyl groups is 1. The van der Waals surface area contributed by atoms with E-state index in [0.29, 0.717) is 25.9 Å². The summed E-state index contributed by atoms with van der Waals surface area (Å²) >= 11 is 0. The van der Waals surface area contributed by atoms with Gasteiger partial charge in [0.2, 0.25) is 11.8 Å². The number of fused-ring (bicyclic) bond motifs is 2. The second-order valence-electron chi connectivity index (χ2n) is 14.9. The predicted molar refractivity (Wildman–Crippen MR) is 182 cm³/mol. The molecule has 2 aromatic carbocycles. The highest BCUT2D eigenvalue weighted by atomic mass is 16.6. The number of nitrogens with zero attached hydrogens (tertiary/aromatic N) is 2. The number of benzene rings is 2. The van der Waals surface area contributed by atoms with Gasteiger partial charge in [-0.2, -0.15) is 0 Å². The van der Waals surface area contributed by atoms with Crippen LogP contribution in [0.15, 0.2) is 61.2 Å². The molecule has 4 aliphatic rings. The number of ether oxygens (including phenoxy) is 1. The molecule has 2 aliphatic heterocycles. The third-order valence-corrected chi connectivity index (χ3v) is 10.4. The van der Waals surface area contributed by atoms with E-state index in [1.54, 1.807) is 25.7 Å². The van der Waals surface area contributed by atoms with Gasteiger partial charge in [-0.1, -0.05) is 75.4 Å². The van der Waals surface area contributed by atoms with Crippen molar-refractivity contribution < 1.29 is 38.9 Å². The molecule has 5 N–H and O–H groups in total. The first-order chi connectivity index (χ1) is 23.7. The molecule has 50 heavy (non-hydrogen) atoms. The molecular weight excluding hydrogens is 642 g/mol. The van der Waals surface area contributed by atoms with Gasteiger partial charge in [0.1, 0.15) is 23.7 Å². The second kappa shape index (κ2) is 13.4. The maximum atomic E-state index is 14.0. The Morgan fingerprint density at radius 3 is 2.38 bits per heavy atom. The number of nitrogens with one attached hydrogen (secondary N) is 3. The molecule has 6 rings (SSSR count). The Labute approximate surface area is 291 Å². The number of aliphatic hydroxyl groups excluding tert-OH is 1. The lowest BCUT2D eigenvalue weighted by atomic mass is 9.86. The van der Waals surface area contributed by atoms with E-state index in [1.165, 1.54) is 11.0 Å². The minimum absolute atomic E-state index is 0.0681. The van der Waals surface area contributed by atoms with E-state index in [0.717, 1.165) is 22.3 Å². The van der Waals surface area contributed by atoms with Crippen molar-refractivity contribution in [3.63, 3.8) is 0 Å². The van der Waals surface area contributed by atoms with Crippen molar-refractivity contribution in [1.82, 2.24) is 25.8 Å². The Hall–Kier alpha value is -4.91. The van der Waals surface area contributed by atoms with Gasteiger partial charge in [0.05, 0.1) is 18.7 Å². The number of carbonyl (C=O) groups excluding carboxylic acids is 4. The van der Waals surface area contributed by atoms with Gasteiger partial charge >= 0.3 is 18.1 Å². The number of likely N-dealkylation sites (tertiary alicyclic amines) is 1. The number of urea groups is 1. The smallest absolute Gasteiger partial charge is 0.410 e. The monoisotopic (exact) mass is 687 g/mol. The van der Waals surface area contributed by atoms with Gasteiger partial charge in [-0.15, -0.1) is 6.58 Å². The molecule has 0 bridgehead atoms. The molecule has 13 heteroatoms. The Morgan fingerprint density at radius 1 is 1.04 bits per heavy atom. The third kappa shape index (κ3) is 6.78. The highest BCUT2D eigenvalue weighted by Crippen LogP contribution is 2.45. The van der Waals surface area contributed by atoms with Crippen LogP contribution in [-0.2, 0) is 38.5 Å². The highest BCUT2D eigenvalue weighted by Gasteiger charge is 2.61. The van der Waals surface area contributed by atoms with Gasteiger partial charge in [0.25, 0.3) is 0 Å². The van der Waals surface area contributed by atoms with Crippen molar-refractivity contribution in [2.45, 2.75) is 88.9 Å². The average Bonchev–Trinajstić information content (AvgIpc) is 3.49. The normalized spacial score (nSPS) is 27.3. The molecule has 0 aromatic heterocycles. The summed E-state index contributed by atoms with van der Waals surface area (Å²) < 4.78 is 5.86. The molecule has 13 nitrogen and oxygen atoms in total. The van der Waals surface area contributed by atoms with Crippen molar-refractivity contribution in [1.29, 1.82) is 0 Å². The fourth-order valence-electron chi connectivity index (χ4n) is 7.41. The summed E-state index contributed by atoms with van der Waals surface area (Å²) in [5.41, 5.74) is 1.57. The lowest BCUT2D eigenvalue weighted by Gasteiger charge is -2.34. The lowest BCUT2D eigenvalue weighted by Crippen LogP contribution is -2.60. The first-order valence-electron chi connectivity index (χ1n) is 17.1. The topological polar surface area (TPSA) is 178 Å². The first-order valence-corrected chi connectivity index (χ1v) is 17.1. The molecule has 2 heterocycles. The summed E-state index contributed by atoms with van der Waals surface area (Å²) in [6.07, 6.45) is 0.319. The molecule has 0 spiro atoms. The maximum Gasteiger partial charge on any atom is 0.410 e. The van der Waals surface area contributed by atoms with Gasteiger partial charge in [-0.3, -0.25) is 9.59 Å². The third-order valence-electron chi connectivity index (χ3n) is 10.4.